The summed E-state index contributed by atoms with van der Waals surface area (Å²) in [7, 11) is -2.36. The van der Waals surface area contributed by atoms with Crippen LogP contribution in [-0.4, -0.2) is 57.1 Å². The largest absolute Gasteiger partial charge is 0.497 e. The molecule has 0 unspecified atom stereocenters. The minimum Gasteiger partial charge on any atom is -0.497 e. The molecule has 0 bridgehead atoms. The second-order valence-corrected chi connectivity index (χ2v) is 11.7. The van der Waals surface area contributed by atoms with Gasteiger partial charge in [0.05, 0.1) is 19.1 Å². The van der Waals surface area contributed by atoms with Gasteiger partial charge in [0.15, 0.2) is 0 Å². The molecular weight excluding hydrogens is 514 g/mol. The molecular formula is C30H37N3O5S. The highest BCUT2D eigenvalue weighted by molar-refractivity contribution is 7.92. The van der Waals surface area contributed by atoms with Crippen molar-refractivity contribution in [3.05, 3.63) is 95.6 Å². The average molecular weight is 552 g/mol. The Balaban J connectivity index is 2.07. The summed E-state index contributed by atoms with van der Waals surface area (Å²) in [5, 5.41) is 2.95. The molecule has 9 heteroatoms. The van der Waals surface area contributed by atoms with Crippen LogP contribution >= 0.6 is 0 Å². The molecule has 0 fully saturated rings. The highest BCUT2D eigenvalue weighted by Gasteiger charge is 2.33. The predicted octanol–water partition coefficient (Wildman–Crippen LogP) is 3.93. The third-order valence-corrected chi connectivity index (χ3v) is 7.47. The number of carbonyl (C=O) groups is 2. The van der Waals surface area contributed by atoms with E-state index in [9.17, 15) is 18.0 Å². The van der Waals surface area contributed by atoms with Crippen molar-refractivity contribution >= 4 is 27.5 Å². The minimum atomic E-state index is -3.85. The summed E-state index contributed by atoms with van der Waals surface area (Å²) in [6.45, 7) is 5.33. The number of anilines is 1. The Bertz CT molecular complexity index is 1380. The van der Waals surface area contributed by atoms with Gasteiger partial charge in [-0.15, -0.1) is 0 Å². The SMILES string of the molecule is COc1cccc(N(CC(=O)N(Cc2ccccc2C)[C@@H](Cc2ccccc2)C(=O)NC(C)C)S(C)(=O)=O)c1. The molecule has 208 valence electrons. The van der Waals surface area contributed by atoms with Gasteiger partial charge in [-0.2, -0.15) is 0 Å². The van der Waals surface area contributed by atoms with Crippen LogP contribution in [0.4, 0.5) is 5.69 Å². The molecule has 0 spiro atoms. The summed E-state index contributed by atoms with van der Waals surface area (Å²) in [6, 6.07) is 22.6. The number of carbonyl (C=O) groups excluding carboxylic acids is 2. The number of hydrogen-bond donors (Lipinski definition) is 1. The Kier molecular flexibility index (Phi) is 10.1. The van der Waals surface area contributed by atoms with Crippen molar-refractivity contribution in [3.63, 3.8) is 0 Å². The monoisotopic (exact) mass is 551 g/mol. The van der Waals surface area contributed by atoms with E-state index in [1.165, 1.54) is 12.0 Å². The predicted molar refractivity (Wildman–Crippen MR) is 154 cm³/mol. The van der Waals surface area contributed by atoms with Crippen molar-refractivity contribution in [3.8, 4) is 5.75 Å². The number of amides is 2. The molecule has 0 aromatic heterocycles. The van der Waals surface area contributed by atoms with Crippen LogP contribution in [0.2, 0.25) is 0 Å². The smallest absolute Gasteiger partial charge is 0.244 e. The van der Waals surface area contributed by atoms with Gasteiger partial charge in [-0.1, -0.05) is 60.7 Å². The average Bonchev–Trinajstić information content (AvgIpc) is 2.89. The molecule has 2 amide bonds. The first-order valence-corrected chi connectivity index (χ1v) is 14.6. The van der Waals surface area contributed by atoms with Crippen LogP contribution in [-0.2, 0) is 32.6 Å². The van der Waals surface area contributed by atoms with Crippen molar-refractivity contribution in [2.45, 2.75) is 45.8 Å². The number of rotatable bonds is 12. The summed E-state index contributed by atoms with van der Waals surface area (Å²) < 4.78 is 32.1. The van der Waals surface area contributed by atoms with Gasteiger partial charge >= 0.3 is 0 Å². The quantitative estimate of drug-likeness (QED) is 0.368. The van der Waals surface area contributed by atoms with E-state index in [-0.39, 0.29) is 24.9 Å². The lowest BCUT2D eigenvalue weighted by molar-refractivity contribution is -0.140. The third kappa shape index (κ3) is 8.32. The fraction of sp³-hybridized carbons (Fsp3) is 0.333. The molecule has 0 heterocycles. The van der Waals surface area contributed by atoms with Crippen LogP contribution in [0.25, 0.3) is 0 Å². The van der Waals surface area contributed by atoms with Gasteiger partial charge in [0.1, 0.15) is 18.3 Å². The van der Waals surface area contributed by atoms with E-state index < -0.39 is 28.5 Å². The van der Waals surface area contributed by atoms with E-state index in [4.69, 9.17) is 4.74 Å². The van der Waals surface area contributed by atoms with E-state index >= 15 is 0 Å². The molecule has 0 radical (unpaired) electrons. The molecule has 0 aliphatic rings. The summed E-state index contributed by atoms with van der Waals surface area (Å²) in [6.07, 6.45) is 1.33. The molecule has 3 aromatic rings. The van der Waals surface area contributed by atoms with Gasteiger partial charge in [-0.05, 0) is 49.6 Å². The number of hydrogen-bond acceptors (Lipinski definition) is 5. The number of nitrogens with zero attached hydrogens (tertiary/aromatic N) is 2. The van der Waals surface area contributed by atoms with Gasteiger partial charge in [0.2, 0.25) is 21.8 Å². The molecule has 1 N–H and O–H groups in total. The van der Waals surface area contributed by atoms with E-state index in [2.05, 4.69) is 5.32 Å². The second-order valence-electron chi connectivity index (χ2n) is 9.79. The lowest BCUT2D eigenvalue weighted by atomic mass is 10.0. The highest BCUT2D eigenvalue weighted by Crippen LogP contribution is 2.24. The van der Waals surface area contributed by atoms with Crippen LogP contribution < -0.4 is 14.4 Å². The van der Waals surface area contributed by atoms with Gasteiger partial charge in [0, 0.05) is 25.1 Å². The van der Waals surface area contributed by atoms with Gasteiger partial charge < -0.3 is 15.0 Å². The zero-order valence-electron chi connectivity index (χ0n) is 23.1. The lowest BCUT2D eigenvalue weighted by Gasteiger charge is -2.34. The molecule has 3 rings (SSSR count). The number of methoxy groups -OCH3 is 1. The van der Waals surface area contributed by atoms with Crippen LogP contribution in [0, 0.1) is 6.92 Å². The maximum Gasteiger partial charge on any atom is 0.244 e. The first kappa shape index (κ1) is 29.7. The van der Waals surface area contributed by atoms with E-state index in [0.717, 1.165) is 27.3 Å². The maximum absolute atomic E-state index is 14.1. The second kappa shape index (κ2) is 13.3. The van der Waals surface area contributed by atoms with E-state index in [0.29, 0.717) is 11.4 Å². The van der Waals surface area contributed by atoms with Crippen LogP contribution in [0.1, 0.15) is 30.5 Å². The summed E-state index contributed by atoms with van der Waals surface area (Å²) in [5.74, 6) is -0.335. The zero-order valence-corrected chi connectivity index (χ0v) is 23.9. The molecule has 0 aliphatic heterocycles. The van der Waals surface area contributed by atoms with Crippen LogP contribution in [0.3, 0.4) is 0 Å². The van der Waals surface area contributed by atoms with E-state index in [1.807, 2.05) is 75.4 Å². The number of ether oxygens (including phenoxy) is 1. The van der Waals surface area contributed by atoms with Crippen LogP contribution in [0.15, 0.2) is 78.9 Å². The Labute approximate surface area is 231 Å². The Morgan fingerprint density at radius 1 is 0.949 bits per heavy atom. The molecule has 1 atom stereocenters. The molecule has 0 saturated carbocycles. The van der Waals surface area contributed by atoms with Crippen molar-refractivity contribution in [1.29, 1.82) is 0 Å². The molecule has 0 aliphatic carbocycles. The maximum atomic E-state index is 14.1. The number of benzene rings is 3. The highest BCUT2D eigenvalue weighted by atomic mass is 32.2. The van der Waals surface area contributed by atoms with Gasteiger partial charge in [0.25, 0.3) is 0 Å². The number of nitrogens with one attached hydrogen (secondary N) is 1. The van der Waals surface area contributed by atoms with E-state index in [1.54, 1.807) is 24.3 Å². The lowest BCUT2D eigenvalue weighted by Crippen LogP contribution is -2.54. The summed E-state index contributed by atoms with van der Waals surface area (Å²) in [4.78, 5) is 29.1. The van der Waals surface area contributed by atoms with Gasteiger partial charge in [-0.25, -0.2) is 8.42 Å². The van der Waals surface area contributed by atoms with Crippen molar-refractivity contribution in [2.24, 2.45) is 0 Å². The van der Waals surface area contributed by atoms with Crippen molar-refractivity contribution in [1.82, 2.24) is 10.2 Å². The Morgan fingerprint density at radius 3 is 2.23 bits per heavy atom. The number of aryl methyl sites for hydroxylation is 1. The first-order valence-electron chi connectivity index (χ1n) is 12.8. The minimum absolute atomic E-state index is 0.143. The normalized spacial score (nSPS) is 12.1. The Hall–Kier alpha value is -3.85. The standard InChI is InChI=1S/C30H37N3O5S/c1-22(2)31-30(35)28(18-24-13-7-6-8-14-24)32(20-25-15-10-9-12-23(25)3)29(34)21-33(39(5,36)37)26-16-11-17-27(19-26)38-4/h6-17,19,22,28H,18,20-21H2,1-5H3,(H,31,35)/t28-/m0/s1. The fourth-order valence-corrected chi connectivity index (χ4v) is 5.13. The summed E-state index contributed by atoms with van der Waals surface area (Å²) >= 11 is 0. The Morgan fingerprint density at radius 2 is 1.62 bits per heavy atom. The van der Waals surface area contributed by atoms with Crippen molar-refractivity contribution in [2.75, 3.05) is 24.2 Å². The third-order valence-electron chi connectivity index (χ3n) is 6.32. The number of sulfonamides is 1. The molecule has 8 nitrogen and oxygen atoms in total. The zero-order chi connectivity index (χ0) is 28.6. The van der Waals surface area contributed by atoms with Crippen LogP contribution in [0.5, 0.6) is 5.75 Å². The first-order chi connectivity index (χ1) is 18.5. The molecule has 3 aromatic carbocycles. The molecule has 39 heavy (non-hydrogen) atoms. The summed E-state index contributed by atoms with van der Waals surface area (Å²) in [5.41, 5.74) is 3.02. The fourth-order valence-electron chi connectivity index (χ4n) is 4.28. The van der Waals surface area contributed by atoms with Crippen molar-refractivity contribution < 1.29 is 22.7 Å². The topological polar surface area (TPSA) is 96.0 Å². The molecule has 0 saturated heterocycles. The van der Waals surface area contributed by atoms with Gasteiger partial charge in [-0.3, -0.25) is 13.9 Å².